The van der Waals surface area contributed by atoms with Gasteiger partial charge in [0.2, 0.25) is 5.91 Å². The van der Waals surface area contributed by atoms with E-state index in [2.05, 4.69) is 5.32 Å². The zero-order chi connectivity index (χ0) is 17.7. The highest BCUT2D eigenvalue weighted by molar-refractivity contribution is 7.92. The molecular formula is C16H19ClN2O4S. The van der Waals surface area contributed by atoms with Crippen LogP contribution >= 0.6 is 11.6 Å². The molecule has 0 aliphatic rings. The summed E-state index contributed by atoms with van der Waals surface area (Å²) in [5.74, 6) is -0.489. The molecule has 130 valence electrons. The van der Waals surface area contributed by atoms with Crippen molar-refractivity contribution >= 4 is 27.3 Å². The van der Waals surface area contributed by atoms with Gasteiger partial charge in [0.05, 0.1) is 17.2 Å². The van der Waals surface area contributed by atoms with E-state index >= 15 is 0 Å². The lowest BCUT2D eigenvalue weighted by Gasteiger charge is -2.22. The van der Waals surface area contributed by atoms with Gasteiger partial charge in [-0.05, 0) is 50.5 Å². The van der Waals surface area contributed by atoms with Gasteiger partial charge in [0.1, 0.15) is 11.5 Å². The quantitative estimate of drug-likeness (QED) is 0.807. The Morgan fingerprint density at radius 3 is 2.46 bits per heavy atom. The van der Waals surface area contributed by atoms with E-state index in [1.165, 1.54) is 24.3 Å². The molecule has 1 aromatic carbocycles. The van der Waals surface area contributed by atoms with Gasteiger partial charge in [-0.25, -0.2) is 8.42 Å². The van der Waals surface area contributed by atoms with E-state index in [0.29, 0.717) is 10.8 Å². The monoisotopic (exact) mass is 370 g/mol. The first kappa shape index (κ1) is 18.5. The summed E-state index contributed by atoms with van der Waals surface area (Å²) >= 11 is 5.74. The Kier molecular flexibility index (Phi) is 6.04. The zero-order valence-electron chi connectivity index (χ0n) is 13.4. The summed E-state index contributed by atoms with van der Waals surface area (Å²) in [6.45, 7) is 0.246. The van der Waals surface area contributed by atoms with Crippen LogP contribution in [0.25, 0.3) is 0 Å². The number of sulfone groups is 1. The lowest BCUT2D eigenvalue weighted by molar-refractivity contribution is -0.118. The van der Waals surface area contributed by atoms with E-state index in [9.17, 15) is 13.2 Å². The second-order valence-electron chi connectivity index (χ2n) is 5.51. The van der Waals surface area contributed by atoms with E-state index < -0.39 is 21.5 Å². The topological polar surface area (TPSA) is 79.6 Å². The number of likely N-dealkylation sites (N-methyl/N-ethyl adjacent to an activating group) is 1. The molecule has 0 aliphatic carbocycles. The second-order valence-corrected chi connectivity index (χ2v) is 7.94. The van der Waals surface area contributed by atoms with Crippen LogP contribution in [0.4, 0.5) is 0 Å². The molecule has 0 spiro atoms. The van der Waals surface area contributed by atoms with Gasteiger partial charge in [0.25, 0.3) is 0 Å². The summed E-state index contributed by atoms with van der Waals surface area (Å²) in [6.07, 6.45) is 1.55. The molecule has 0 fully saturated rings. The number of benzene rings is 1. The van der Waals surface area contributed by atoms with Gasteiger partial charge < -0.3 is 9.73 Å². The molecule has 6 nitrogen and oxygen atoms in total. The minimum Gasteiger partial charge on any atom is -0.468 e. The van der Waals surface area contributed by atoms with Crippen LogP contribution in [0, 0.1) is 0 Å². The van der Waals surface area contributed by atoms with Crippen molar-refractivity contribution in [3.63, 3.8) is 0 Å². The van der Waals surface area contributed by atoms with Crippen molar-refractivity contribution in [3.8, 4) is 0 Å². The lowest BCUT2D eigenvalue weighted by atomic mass is 10.2. The minimum absolute atomic E-state index is 0.0669. The van der Waals surface area contributed by atoms with Crippen molar-refractivity contribution in [2.45, 2.75) is 10.9 Å². The highest BCUT2D eigenvalue weighted by Crippen LogP contribution is 2.18. The van der Waals surface area contributed by atoms with Crippen LogP contribution < -0.4 is 5.32 Å². The summed E-state index contributed by atoms with van der Waals surface area (Å²) in [7, 11) is -0.00397. The summed E-state index contributed by atoms with van der Waals surface area (Å²) in [5.41, 5.74) is 0. The molecule has 0 bridgehead atoms. The molecule has 1 atom stereocenters. The Labute approximate surface area is 146 Å². The van der Waals surface area contributed by atoms with Gasteiger partial charge in [-0.2, -0.15) is 0 Å². The number of nitrogens with one attached hydrogen (secondary N) is 1. The second kappa shape index (κ2) is 7.83. The smallest absolute Gasteiger partial charge is 0.235 e. The summed E-state index contributed by atoms with van der Waals surface area (Å²) in [5, 5.41) is 3.08. The van der Waals surface area contributed by atoms with E-state index in [4.69, 9.17) is 16.0 Å². The number of carbonyl (C=O) groups is 1. The minimum atomic E-state index is -3.71. The molecule has 24 heavy (non-hydrogen) atoms. The Morgan fingerprint density at radius 2 is 1.92 bits per heavy atom. The van der Waals surface area contributed by atoms with Gasteiger partial charge in [-0.15, -0.1) is 0 Å². The fraction of sp³-hybridized carbons (Fsp3) is 0.312. The maximum atomic E-state index is 12.2. The third-order valence-corrected chi connectivity index (χ3v) is 5.37. The number of furan rings is 1. The van der Waals surface area contributed by atoms with Gasteiger partial charge in [-0.1, -0.05) is 11.6 Å². The maximum Gasteiger partial charge on any atom is 0.235 e. The molecule has 1 amide bonds. The zero-order valence-corrected chi connectivity index (χ0v) is 15.0. The van der Waals surface area contributed by atoms with Crippen LogP contribution in [0.15, 0.2) is 52.0 Å². The van der Waals surface area contributed by atoms with Crippen LogP contribution in [-0.4, -0.2) is 45.6 Å². The van der Waals surface area contributed by atoms with Crippen LogP contribution in [0.5, 0.6) is 0 Å². The van der Waals surface area contributed by atoms with E-state index in [1.807, 2.05) is 19.0 Å². The molecule has 0 radical (unpaired) electrons. The van der Waals surface area contributed by atoms with Crippen LogP contribution in [0.3, 0.4) is 0 Å². The average Bonchev–Trinajstić information content (AvgIpc) is 3.01. The Morgan fingerprint density at radius 1 is 1.25 bits per heavy atom. The molecule has 2 aromatic rings. The predicted octanol–water partition coefficient (Wildman–Crippen LogP) is 2.13. The van der Waals surface area contributed by atoms with Gasteiger partial charge >= 0.3 is 0 Å². The Balaban J connectivity index is 1.98. The van der Waals surface area contributed by atoms with Crippen molar-refractivity contribution in [2.24, 2.45) is 0 Å². The highest BCUT2D eigenvalue weighted by Gasteiger charge is 2.22. The number of rotatable bonds is 7. The molecule has 1 unspecified atom stereocenters. The molecule has 1 aromatic heterocycles. The van der Waals surface area contributed by atoms with E-state index in [-0.39, 0.29) is 17.5 Å². The molecule has 2 rings (SSSR count). The molecule has 0 saturated carbocycles. The van der Waals surface area contributed by atoms with Crippen molar-refractivity contribution in [2.75, 3.05) is 26.4 Å². The SMILES string of the molecule is CN(C)C(CNC(=O)CS(=O)(=O)c1ccc(Cl)cc1)c1ccco1. The molecule has 1 N–H and O–H groups in total. The van der Waals surface area contributed by atoms with Crippen LogP contribution in [-0.2, 0) is 14.6 Å². The molecule has 0 aliphatic heterocycles. The normalized spacial score (nSPS) is 13.0. The fourth-order valence-electron chi connectivity index (χ4n) is 2.18. The van der Waals surface area contributed by atoms with E-state index in [0.717, 1.165) is 0 Å². The maximum absolute atomic E-state index is 12.2. The summed E-state index contributed by atoms with van der Waals surface area (Å²) in [4.78, 5) is 14.0. The highest BCUT2D eigenvalue weighted by atomic mass is 35.5. The number of halogens is 1. The Bertz CT molecular complexity index is 771. The fourth-order valence-corrected chi connectivity index (χ4v) is 3.47. The van der Waals surface area contributed by atoms with Gasteiger partial charge in [0, 0.05) is 11.6 Å². The van der Waals surface area contributed by atoms with Gasteiger partial charge in [0.15, 0.2) is 9.84 Å². The van der Waals surface area contributed by atoms with Crippen molar-refractivity contribution in [3.05, 3.63) is 53.4 Å². The first-order valence-electron chi connectivity index (χ1n) is 7.24. The van der Waals surface area contributed by atoms with Gasteiger partial charge in [-0.3, -0.25) is 9.69 Å². The predicted molar refractivity (Wildman–Crippen MR) is 91.7 cm³/mol. The van der Waals surface area contributed by atoms with Crippen molar-refractivity contribution in [1.82, 2.24) is 10.2 Å². The number of amides is 1. The lowest BCUT2D eigenvalue weighted by Crippen LogP contribution is -2.37. The number of hydrogen-bond acceptors (Lipinski definition) is 5. The summed E-state index contributed by atoms with van der Waals surface area (Å²) in [6, 6.07) is 9.12. The molecule has 1 heterocycles. The van der Waals surface area contributed by atoms with E-state index in [1.54, 1.807) is 18.4 Å². The molecule has 0 saturated heterocycles. The molecule has 8 heteroatoms. The largest absolute Gasteiger partial charge is 0.468 e. The molecular weight excluding hydrogens is 352 g/mol. The van der Waals surface area contributed by atoms with Crippen LogP contribution in [0.2, 0.25) is 5.02 Å². The number of nitrogens with zero attached hydrogens (tertiary/aromatic N) is 1. The standard InChI is InChI=1S/C16H19ClN2O4S/c1-19(2)14(15-4-3-9-23-15)10-18-16(20)11-24(21,22)13-7-5-12(17)6-8-13/h3-9,14H,10-11H2,1-2H3,(H,18,20). The van der Waals surface area contributed by atoms with Crippen LogP contribution in [0.1, 0.15) is 11.8 Å². The third-order valence-electron chi connectivity index (χ3n) is 3.48. The first-order chi connectivity index (χ1) is 11.3. The number of carbonyl (C=O) groups excluding carboxylic acids is 1. The van der Waals surface area contributed by atoms with Crippen molar-refractivity contribution in [1.29, 1.82) is 0 Å². The summed E-state index contributed by atoms with van der Waals surface area (Å²) < 4.78 is 29.8. The third kappa shape index (κ3) is 4.83. The van der Waals surface area contributed by atoms with Crippen molar-refractivity contribution < 1.29 is 17.6 Å². The number of hydrogen-bond donors (Lipinski definition) is 1. The Hall–Kier alpha value is -1.83. The first-order valence-corrected chi connectivity index (χ1v) is 9.27. The average molecular weight is 371 g/mol.